The van der Waals surface area contributed by atoms with Crippen LogP contribution in [-0.2, 0) is 16.6 Å². The first-order valence-corrected chi connectivity index (χ1v) is 8.97. The average molecular weight is 352 g/mol. The van der Waals surface area contributed by atoms with Crippen molar-refractivity contribution in [3.8, 4) is 0 Å². The molecular weight excluding hydrogens is 332 g/mol. The summed E-state index contributed by atoms with van der Waals surface area (Å²) in [6.07, 6.45) is 2.26. The number of rotatable bonds is 8. The van der Waals surface area contributed by atoms with Crippen molar-refractivity contribution in [2.45, 2.75) is 37.8 Å². The van der Waals surface area contributed by atoms with Crippen LogP contribution in [0, 0.1) is 0 Å². The highest BCUT2D eigenvalue weighted by atomic mass is 32.2. The molecule has 0 fully saturated rings. The smallest absolute Gasteiger partial charge is 0.337 e. The minimum atomic E-state index is -3.84. The number of benzene rings is 1. The minimum absolute atomic E-state index is 0.00932. The molecule has 7 nitrogen and oxygen atoms in total. The van der Waals surface area contributed by atoms with Crippen molar-refractivity contribution in [2.24, 2.45) is 0 Å². The Kier molecular flexibility index (Phi) is 5.63. The third kappa shape index (κ3) is 4.36. The average Bonchev–Trinajstić information content (AvgIpc) is 3.06. The fourth-order valence-electron chi connectivity index (χ4n) is 2.02. The van der Waals surface area contributed by atoms with E-state index < -0.39 is 16.0 Å². The molecule has 3 N–H and O–H groups in total. The summed E-state index contributed by atoms with van der Waals surface area (Å²) in [6.45, 7) is 3.88. The molecule has 1 atom stereocenters. The van der Waals surface area contributed by atoms with Crippen molar-refractivity contribution in [1.29, 1.82) is 0 Å². The van der Waals surface area contributed by atoms with E-state index in [-0.39, 0.29) is 23.0 Å². The second-order valence-electron chi connectivity index (χ2n) is 5.37. The largest absolute Gasteiger partial charge is 0.478 e. The molecule has 8 heteroatoms. The Morgan fingerprint density at radius 2 is 2.08 bits per heavy atom. The van der Waals surface area contributed by atoms with Gasteiger partial charge in [-0.1, -0.05) is 6.92 Å². The Morgan fingerprint density at radius 3 is 2.67 bits per heavy atom. The molecule has 1 unspecified atom stereocenters. The highest BCUT2D eigenvalue weighted by Crippen LogP contribution is 2.22. The Bertz CT molecular complexity index is 800. The maximum Gasteiger partial charge on any atom is 0.337 e. The van der Waals surface area contributed by atoms with E-state index in [4.69, 9.17) is 4.42 Å². The van der Waals surface area contributed by atoms with Gasteiger partial charge in [-0.2, -0.15) is 0 Å². The first-order valence-electron chi connectivity index (χ1n) is 7.49. The number of furan rings is 1. The highest BCUT2D eigenvalue weighted by Gasteiger charge is 2.19. The van der Waals surface area contributed by atoms with Crippen molar-refractivity contribution < 1.29 is 22.7 Å². The van der Waals surface area contributed by atoms with Gasteiger partial charge in [0.05, 0.1) is 23.3 Å². The molecule has 1 aromatic heterocycles. The fraction of sp³-hybridized carbons (Fsp3) is 0.312. The number of sulfonamides is 1. The summed E-state index contributed by atoms with van der Waals surface area (Å²) in [4.78, 5) is 11.3. The van der Waals surface area contributed by atoms with Gasteiger partial charge in [0.2, 0.25) is 10.0 Å². The number of hydrogen-bond acceptors (Lipinski definition) is 5. The molecule has 1 heterocycles. The van der Waals surface area contributed by atoms with Gasteiger partial charge >= 0.3 is 5.97 Å². The number of hydrogen-bond donors (Lipinski definition) is 3. The van der Waals surface area contributed by atoms with Gasteiger partial charge in [0.1, 0.15) is 5.76 Å². The Labute approximate surface area is 140 Å². The summed E-state index contributed by atoms with van der Waals surface area (Å²) in [5.74, 6) is -0.726. The molecule has 130 valence electrons. The summed E-state index contributed by atoms with van der Waals surface area (Å²) in [5.41, 5.74) is 0.304. The summed E-state index contributed by atoms with van der Waals surface area (Å²) in [7, 11) is -3.84. The van der Waals surface area contributed by atoms with E-state index in [0.717, 1.165) is 12.5 Å². The summed E-state index contributed by atoms with van der Waals surface area (Å²) < 4.78 is 32.1. The van der Waals surface area contributed by atoms with Crippen LogP contribution < -0.4 is 10.0 Å². The van der Waals surface area contributed by atoms with E-state index in [1.165, 1.54) is 18.4 Å². The lowest BCUT2D eigenvalue weighted by Gasteiger charge is -2.16. The van der Waals surface area contributed by atoms with Gasteiger partial charge in [0.25, 0.3) is 0 Å². The molecule has 0 aliphatic rings. The van der Waals surface area contributed by atoms with Crippen LogP contribution >= 0.6 is 0 Å². The van der Waals surface area contributed by atoms with Crippen molar-refractivity contribution in [3.63, 3.8) is 0 Å². The van der Waals surface area contributed by atoms with Gasteiger partial charge < -0.3 is 14.8 Å². The van der Waals surface area contributed by atoms with E-state index in [2.05, 4.69) is 10.0 Å². The molecule has 0 aliphatic heterocycles. The van der Waals surface area contributed by atoms with Gasteiger partial charge in [0, 0.05) is 11.7 Å². The van der Waals surface area contributed by atoms with Crippen molar-refractivity contribution in [3.05, 3.63) is 47.9 Å². The van der Waals surface area contributed by atoms with E-state index in [0.29, 0.717) is 11.4 Å². The van der Waals surface area contributed by atoms with Gasteiger partial charge in [-0.25, -0.2) is 17.9 Å². The van der Waals surface area contributed by atoms with Crippen molar-refractivity contribution in [2.75, 3.05) is 5.32 Å². The van der Waals surface area contributed by atoms with Gasteiger partial charge in [-0.05, 0) is 43.7 Å². The third-order valence-electron chi connectivity index (χ3n) is 3.56. The number of carbonyl (C=O) groups is 1. The van der Waals surface area contributed by atoms with Crippen LogP contribution in [-0.4, -0.2) is 25.5 Å². The number of aromatic carboxylic acids is 1. The Morgan fingerprint density at radius 1 is 1.33 bits per heavy atom. The van der Waals surface area contributed by atoms with Crippen LogP contribution in [0.25, 0.3) is 0 Å². The Hall–Kier alpha value is -2.32. The van der Waals surface area contributed by atoms with Gasteiger partial charge in [-0.3, -0.25) is 0 Å². The SMILES string of the molecule is CCC(C)Nc1ccc(S(=O)(=O)NCc2ccco2)cc1C(=O)O. The van der Waals surface area contributed by atoms with Gasteiger partial charge in [0.15, 0.2) is 0 Å². The molecule has 24 heavy (non-hydrogen) atoms. The van der Waals surface area contributed by atoms with E-state index in [1.807, 2.05) is 13.8 Å². The zero-order valence-corrected chi connectivity index (χ0v) is 14.3. The first-order chi connectivity index (χ1) is 11.3. The molecule has 0 saturated carbocycles. The standard InChI is InChI=1S/C16H20N2O5S/c1-3-11(2)18-15-7-6-13(9-14(15)16(19)20)24(21,22)17-10-12-5-4-8-23-12/h4-9,11,17-18H,3,10H2,1-2H3,(H,19,20). The van der Waals surface area contributed by atoms with Crippen molar-refractivity contribution >= 4 is 21.7 Å². The maximum absolute atomic E-state index is 12.3. The van der Waals surface area contributed by atoms with Crippen LogP contribution in [0.15, 0.2) is 45.9 Å². The molecule has 0 aliphatic carbocycles. The lowest BCUT2D eigenvalue weighted by atomic mass is 10.1. The lowest BCUT2D eigenvalue weighted by Crippen LogP contribution is -2.24. The van der Waals surface area contributed by atoms with Crippen LogP contribution in [0.2, 0.25) is 0 Å². The van der Waals surface area contributed by atoms with Crippen LogP contribution in [0.1, 0.15) is 36.4 Å². The predicted molar refractivity (Wildman–Crippen MR) is 89.5 cm³/mol. The van der Waals surface area contributed by atoms with E-state index >= 15 is 0 Å². The maximum atomic E-state index is 12.3. The summed E-state index contributed by atoms with van der Waals surface area (Å²) in [5, 5.41) is 12.4. The topological polar surface area (TPSA) is 109 Å². The lowest BCUT2D eigenvalue weighted by molar-refractivity contribution is 0.0697. The predicted octanol–water partition coefficient (Wildman–Crippen LogP) is 2.67. The van der Waals surface area contributed by atoms with Gasteiger partial charge in [-0.15, -0.1) is 0 Å². The molecular formula is C16H20N2O5S. The fourth-order valence-corrected chi connectivity index (χ4v) is 3.04. The first kappa shape index (κ1) is 18.0. The summed E-state index contributed by atoms with van der Waals surface area (Å²) in [6, 6.07) is 7.37. The van der Waals surface area contributed by atoms with Crippen molar-refractivity contribution in [1.82, 2.24) is 4.72 Å². The molecule has 2 aromatic rings. The quantitative estimate of drug-likeness (QED) is 0.674. The second-order valence-corrected chi connectivity index (χ2v) is 7.14. The zero-order valence-electron chi connectivity index (χ0n) is 13.4. The minimum Gasteiger partial charge on any atom is -0.478 e. The molecule has 0 bridgehead atoms. The van der Waals surface area contributed by atoms with E-state index in [9.17, 15) is 18.3 Å². The number of carboxylic acid groups (broad SMARTS) is 1. The molecule has 0 amide bonds. The molecule has 0 spiro atoms. The third-order valence-corrected chi connectivity index (χ3v) is 4.96. The zero-order chi connectivity index (χ0) is 17.7. The normalized spacial score (nSPS) is 12.8. The van der Waals surface area contributed by atoms with Crippen LogP contribution in [0.5, 0.6) is 0 Å². The Balaban J connectivity index is 2.26. The van der Waals surface area contributed by atoms with Crippen LogP contribution in [0.4, 0.5) is 5.69 Å². The molecule has 1 aromatic carbocycles. The number of carboxylic acids is 1. The molecule has 0 radical (unpaired) electrons. The van der Waals surface area contributed by atoms with E-state index in [1.54, 1.807) is 12.1 Å². The number of anilines is 1. The second kappa shape index (κ2) is 7.50. The summed E-state index contributed by atoms with van der Waals surface area (Å²) >= 11 is 0. The molecule has 2 rings (SSSR count). The molecule has 0 saturated heterocycles. The monoisotopic (exact) mass is 352 g/mol. The number of nitrogens with one attached hydrogen (secondary N) is 2. The van der Waals surface area contributed by atoms with Crippen LogP contribution in [0.3, 0.4) is 0 Å². The highest BCUT2D eigenvalue weighted by molar-refractivity contribution is 7.89.